The Balaban J connectivity index is 0.00000116. The number of hydrogen-bond acceptors (Lipinski definition) is 0. The van der Waals surface area contributed by atoms with Gasteiger partial charge in [0.2, 0.25) is 0 Å². The summed E-state index contributed by atoms with van der Waals surface area (Å²) in [6, 6.07) is 10.4. The highest BCUT2D eigenvalue weighted by molar-refractivity contribution is 5.44. The first-order valence-electron chi connectivity index (χ1n) is 7.64. The van der Waals surface area contributed by atoms with E-state index in [9.17, 15) is 0 Å². The number of rotatable bonds is 1. The second-order valence-electron chi connectivity index (χ2n) is 5.31. The van der Waals surface area contributed by atoms with Crippen molar-refractivity contribution < 1.29 is 0 Å². The molecule has 0 amide bonds. The van der Waals surface area contributed by atoms with Crippen molar-refractivity contribution in [2.24, 2.45) is 0 Å². The van der Waals surface area contributed by atoms with Gasteiger partial charge in [0.25, 0.3) is 0 Å². The smallest absolute Gasteiger partial charge is 0.0105 e. The van der Waals surface area contributed by atoms with Gasteiger partial charge in [-0.25, -0.2) is 0 Å². The maximum Gasteiger partial charge on any atom is -0.0105 e. The Kier molecular flexibility index (Phi) is 6.12. The normalized spacial score (nSPS) is 12.5. The summed E-state index contributed by atoms with van der Waals surface area (Å²) in [6.07, 6.45) is 2.03. The van der Waals surface area contributed by atoms with Gasteiger partial charge in [0, 0.05) is 0 Å². The topological polar surface area (TPSA) is 0 Å². The second-order valence-corrected chi connectivity index (χ2v) is 5.31. The number of aryl methyl sites for hydroxylation is 1. The van der Waals surface area contributed by atoms with Gasteiger partial charge in [-0.15, -0.1) is 0 Å². The fourth-order valence-electron chi connectivity index (χ4n) is 2.35. The van der Waals surface area contributed by atoms with E-state index in [1.54, 1.807) is 0 Å². The van der Waals surface area contributed by atoms with Crippen LogP contribution in [0.15, 0.2) is 42.5 Å². The van der Waals surface area contributed by atoms with Crippen LogP contribution in [-0.4, -0.2) is 0 Å². The molecule has 0 heteroatoms. The summed E-state index contributed by atoms with van der Waals surface area (Å²) in [4.78, 5) is 0. The van der Waals surface area contributed by atoms with Gasteiger partial charge in [-0.05, 0) is 45.2 Å². The Morgan fingerprint density at radius 2 is 1.50 bits per heavy atom. The highest BCUT2D eigenvalue weighted by atomic mass is 14.0. The maximum absolute atomic E-state index is 4.19. The van der Waals surface area contributed by atoms with E-state index in [4.69, 9.17) is 0 Å². The molecule has 0 aliphatic rings. The van der Waals surface area contributed by atoms with Crippen LogP contribution in [0.4, 0.5) is 0 Å². The summed E-state index contributed by atoms with van der Waals surface area (Å²) in [5.41, 5.74) is 2.22. The van der Waals surface area contributed by atoms with E-state index >= 15 is 0 Å². The summed E-state index contributed by atoms with van der Waals surface area (Å²) in [6.45, 7) is 24.4. The minimum atomic E-state index is 0.950. The molecule has 0 fully saturated rings. The van der Waals surface area contributed by atoms with E-state index in [1.807, 2.05) is 26.8 Å². The van der Waals surface area contributed by atoms with E-state index in [0.717, 1.165) is 36.9 Å². The second kappa shape index (κ2) is 7.61. The standard InChI is InChI=1S/C20H20.C2H6/c1-13(2)11-18-8-10-20(17(6)16(18)5)19-9-7-14(3)12-15(19)4;1-2/h7-12H,1,4-6H2,2-3H3;1-2H3/b18-11-,20-19-;. The van der Waals surface area contributed by atoms with Gasteiger partial charge in [0.15, 0.2) is 0 Å². The highest BCUT2D eigenvalue weighted by Crippen LogP contribution is 1.92. The molecule has 114 valence electrons. The van der Waals surface area contributed by atoms with Gasteiger partial charge >= 0.3 is 0 Å². The molecule has 0 nitrogen and oxygen atoms in total. The lowest BCUT2D eigenvalue weighted by Gasteiger charge is -1.97. The lowest BCUT2D eigenvalue weighted by atomic mass is 10.1. The lowest BCUT2D eigenvalue weighted by Crippen LogP contribution is -2.38. The first-order valence-corrected chi connectivity index (χ1v) is 7.64. The fourth-order valence-corrected chi connectivity index (χ4v) is 2.35. The minimum absolute atomic E-state index is 0.950. The molecular weight excluding hydrogens is 264 g/mol. The van der Waals surface area contributed by atoms with Gasteiger partial charge in [0.1, 0.15) is 0 Å². The predicted octanol–water partition coefficient (Wildman–Crippen LogP) is 2.90. The van der Waals surface area contributed by atoms with E-state index in [0.29, 0.717) is 0 Å². The van der Waals surface area contributed by atoms with Crippen LogP contribution in [0.2, 0.25) is 0 Å². The third-order valence-corrected chi connectivity index (χ3v) is 3.42. The van der Waals surface area contributed by atoms with Crippen LogP contribution < -0.4 is 20.9 Å². The van der Waals surface area contributed by atoms with Crippen LogP contribution in [0.3, 0.4) is 0 Å². The van der Waals surface area contributed by atoms with Crippen molar-refractivity contribution in [3.05, 3.63) is 79.4 Å². The molecule has 0 heterocycles. The zero-order chi connectivity index (χ0) is 16.9. The molecule has 2 aromatic carbocycles. The Morgan fingerprint density at radius 3 is 2.05 bits per heavy atom. The molecule has 0 unspecified atom stereocenters. The fraction of sp³-hybridized carbons (Fsp3) is 0.182. The highest BCUT2D eigenvalue weighted by Gasteiger charge is 1.92. The van der Waals surface area contributed by atoms with Gasteiger partial charge in [-0.3, -0.25) is 0 Å². The van der Waals surface area contributed by atoms with Gasteiger partial charge < -0.3 is 0 Å². The largest absolute Gasteiger partial charge is 0.0961 e. The van der Waals surface area contributed by atoms with Crippen molar-refractivity contribution in [3.63, 3.8) is 0 Å². The van der Waals surface area contributed by atoms with Crippen molar-refractivity contribution in [1.82, 2.24) is 0 Å². The minimum Gasteiger partial charge on any atom is -0.0961 e. The van der Waals surface area contributed by atoms with E-state index in [1.165, 1.54) is 5.56 Å². The first kappa shape index (κ1) is 17.7. The summed E-state index contributed by atoms with van der Waals surface area (Å²) in [7, 11) is 0. The van der Waals surface area contributed by atoms with Crippen LogP contribution >= 0.6 is 0 Å². The van der Waals surface area contributed by atoms with E-state index in [2.05, 4.69) is 63.6 Å². The zero-order valence-corrected chi connectivity index (χ0v) is 14.3. The molecule has 0 atom stereocenters. The van der Waals surface area contributed by atoms with Gasteiger partial charge in [0.05, 0.1) is 0 Å². The number of hydrogen-bond donors (Lipinski definition) is 0. The molecule has 22 heavy (non-hydrogen) atoms. The molecule has 0 N–H and O–H groups in total. The molecule has 0 spiro atoms. The van der Waals surface area contributed by atoms with E-state index in [-0.39, 0.29) is 0 Å². The molecule has 2 aromatic rings. The molecule has 0 saturated heterocycles. The van der Waals surface area contributed by atoms with Crippen molar-refractivity contribution in [1.29, 1.82) is 0 Å². The van der Waals surface area contributed by atoms with Crippen molar-refractivity contribution in [3.8, 4) is 0 Å². The van der Waals surface area contributed by atoms with Crippen LogP contribution in [0.5, 0.6) is 0 Å². The maximum atomic E-state index is 4.19. The Hall–Kier alpha value is -2.34. The summed E-state index contributed by atoms with van der Waals surface area (Å²) in [5, 5.41) is 6.21. The predicted molar refractivity (Wildman–Crippen MR) is 101 cm³/mol. The van der Waals surface area contributed by atoms with Crippen molar-refractivity contribution in [2.45, 2.75) is 27.7 Å². The molecule has 0 aromatic heterocycles. The van der Waals surface area contributed by atoms with Crippen molar-refractivity contribution in [2.75, 3.05) is 0 Å². The van der Waals surface area contributed by atoms with Gasteiger partial charge in [-0.1, -0.05) is 87.7 Å². The SMILES string of the molecule is C=C(C)/C=c1/cc/c(=c2\ccc(C)cc2=C)c(=C)c1=C.CC. The third kappa shape index (κ3) is 3.85. The monoisotopic (exact) mass is 290 g/mol. The summed E-state index contributed by atoms with van der Waals surface area (Å²) < 4.78 is 0. The number of benzene rings is 2. The molecule has 0 aliphatic carbocycles. The van der Waals surface area contributed by atoms with Crippen LogP contribution in [0.25, 0.3) is 25.8 Å². The average molecular weight is 290 g/mol. The molecule has 0 bridgehead atoms. The summed E-state index contributed by atoms with van der Waals surface area (Å²) >= 11 is 0. The average Bonchev–Trinajstić information content (AvgIpc) is 2.47. The lowest BCUT2D eigenvalue weighted by molar-refractivity contribution is 1.33. The van der Waals surface area contributed by atoms with Crippen LogP contribution in [0.1, 0.15) is 26.3 Å². The Morgan fingerprint density at radius 1 is 0.909 bits per heavy atom. The zero-order valence-electron chi connectivity index (χ0n) is 14.3. The molecule has 0 saturated carbocycles. The molecule has 0 radical (unpaired) electrons. The van der Waals surface area contributed by atoms with Crippen LogP contribution in [-0.2, 0) is 0 Å². The summed E-state index contributed by atoms with van der Waals surface area (Å²) in [5.74, 6) is 0. The van der Waals surface area contributed by atoms with Crippen molar-refractivity contribution >= 4 is 25.8 Å². The molecular formula is C22H26. The first-order chi connectivity index (χ1) is 10.4. The van der Waals surface area contributed by atoms with Crippen LogP contribution in [0, 0.1) is 17.4 Å². The molecule has 0 aliphatic heterocycles. The van der Waals surface area contributed by atoms with E-state index < -0.39 is 0 Å². The van der Waals surface area contributed by atoms with Gasteiger partial charge in [-0.2, -0.15) is 0 Å². The third-order valence-electron chi connectivity index (χ3n) is 3.42. The Bertz CT molecular complexity index is 976. The quantitative estimate of drug-likeness (QED) is 0.757. The molecule has 2 rings (SSSR count). The number of allylic oxidation sites excluding steroid dienone is 1. The Labute approximate surface area is 133 Å².